The smallest absolute Gasteiger partial charge is 0.197 e. The molecule has 4 rings (SSSR count). The molecule has 2 aromatic heterocycles. The third kappa shape index (κ3) is 2.87. The Morgan fingerprint density at radius 3 is 2.58 bits per heavy atom. The van der Waals surface area contributed by atoms with Crippen molar-refractivity contribution in [1.82, 2.24) is 9.55 Å². The van der Waals surface area contributed by atoms with Crippen molar-refractivity contribution < 1.29 is 10.2 Å². The van der Waals surface area contributed by atoms with Gasteiger partial charge in [-0.2, -0.15) is 0 Å². The van der Waals surface area contributed by atoms with Gasteiger partial charge in [0.2, 0.25) is 0 Å². The van der Waals surface area contributed by atoms with Crippen LogP contribution >= 0.6 is 0 Å². The number of benzene rings is 1. The van der Waals surface area contributed by atoms with Gasteiger partial charge in [0.1, 0.15) is 5.82 Å². The number of aryl methyl sites for hydroxylation is 1. The van der Waals surface area contributed by atoms with Gasteiger partial charge in [-0.3, -0.25) is 4.79 Å². The van der Waals surface area contributed by atoms with Gasteiger partial charge in [0.25, 0.3) is 0 Å². The van der Waals surface area contributed by atoms with Crippen molar-refractivity contribution in [3.05, 3.63) is 69.6 Å². The second-order valence-electron chi connectivity index (χ2n) is 6.68. The zero-order valence-corrected chi connectivity index (χ0v) is 14.5. The summed E-state index contributed by atoms with van der Waals surface area (Å²) in [5, 5.41) is 22.8. The highest BCUT2D eigenvalue weighted by atomic mass is 16.5. The first-order valence-electron chi connectivity index (χ1n) is 8.79. The molecule has 3 aromatic rings. The van der Waals surface area contributed by atoms with E-state index in [4.69, 9.17) is 0 Å². The topological polar surface area (TPSA) is 87.4 Å². The maximum Gasteiger partial charge on any atom is 0.197 e. The first-order chi connectivity index (χ1) is 12.6. The van der Waals surface area contributed by atoms with Crippen molar-refractivity contribution in [3.63, 3.8) is 0 Å². The number of nitrogens with zero attached hydrogens (tertiary/aromatic N) is 2. The van der Waals surface area contributed by atoms with Crippen molar-refractivity contribution in [3.8, 4) is 0 Å². The minimum atomic E-state index is -1.79. The van der Waals surface area contributed by atoms with E-state index in [9.17, 15) is 15.0 Å². The fraction of sp³-hybridized carbons (Fsp3) is 0.300. The van der Waals surface area contributed by atoms with Gasteiger partial charge < -0.3 is 20.1 Å². The molecule has 0 aliphatic heterocycles. The minimum absolute atomic E-state index is 0.0234. The maximum absolute atomic E-state index is 12.6. The van der Waals surface area contributed by atoms with Crippen LogP contribution in [0.4, 0.5) is 5.82 Å². The number of fused-ring (bicyclic) bond motifs is 2. The second kappa shape index (κ2) is 6.55. The van der Waals surface area contributed by atoms with E-state index in [1.54, 1.807) is 16.8 Å². The first-order valence-corrected chi connectivity index (χ1v) is 8.79. The van der Waals surface area contributed by atoms with E-state index in [0.29, 0.717) is 23.3 Å². The second-order valence-corrected chi connectivity index (χ2v) is 6.68. The van der Waals surface area contributed by atoms with Crippen molar-refractivity contribution in [2.45, 2.75) is 38.6 Å². The van der Waals surface area contributed by atoms with Gasteiger partial charge in [0, 0.05) is 18.8 Å². The van der Waals surface area contributed by atoms with E-state index in [2.05, 4.69) is 22.4 Å². The molecular formula is C20H21N3O3. The fourth-order valence-corrected chi connectivity index (χ4v) is 3.70. The highest BCUT2D eigenvalue weighted by Crippen LogP contribution is 2.25. The Labute approximate surface area is 150 Å². The van der Waals surface area contributed by atoms with Gasteiger partial charge in [0.05, 0.1) is 22.7 Å². The number of aliphatic hydroxyl groups is 2. The molecule has 0 bridgehead atoms. The molecule has 0 radical (unpaired) electrons. The zero-order chi connectivity index (χ0) is 18.3. The summed E-state index contributed by atoms with van der Waals surface area (Å²) in [6.45, 7) is 2.53. The SMILES string of the molecule is CCn1cc(C(O)O)c(=O)c2cc(NC3Cc4ccccc4C3)ncc21. The van der Waals surface area contributed by atoms with Crippen LogP contribution in [0.25, 0.3) is 10.9 Å². The van der Waals surface area contributed by atoms with Gasteiger partial charge in [-0.15, -0.1) is 0 Å². The molecule has 0 fully saturated rings. The summed E-state index contributed by atoms with van der Waals surface area (Å²) < 4.78 is 1.80. The van der Waals surface area contributed by atoms with Crippen molar-refractivity contribution in [1.29, 1.82) is 0 Å². The summed E-state index contributed by atoms with van der Waals surface area (Å²) in [4.78, 5) is 17.1. The molecule has 6 heteroatoms. The first kappa shape index (κ1) is 16.8. The third-order valence-electron chi connectivity index (χ3n) is 5.02. The van der Waals surface area contributed by atoms with Crippen molar-refractivity contribution >= 4 is 16.7 Å². The molecule has 26 heavy (non-hydrogen) atoms. The number of aliphatic hydroxyl groups excluding tert-OH is 1. The number of rotatable bonds is 4. The van der Waals surface area contributed by atoms with E-state index in [-0.39, 0.29) is 17.0 Å². The Hall–Kier alpha value is -2.70. The quantitative estimate of drug-likeness (QED) is 0.626. The number of anilines is 1. The molecule has 1 aliphatic carbocycles. The Morgan fingerprint density at radius 1 is 1.27 bits per heavy atom. The number of nitrogens with one attached hydrogen (secondary N) is 1. The van der Waals surface area contributed by atoms with Crippen LogP contribution in [0.3, 0.4) is 0 Å². The van der Waals surface area contributed by atoms with E-state index in [1.807, 2.05) is 19.1 Å². The predicted molar refractivity (Wildman–Crippen MR) is 100 cm³/mol. The summed E-state index contributed by atoms with van der Waals surface area (Å²) in [7, 11) is 0. The molecule has 1 aromatic carbocycles. The third-order valence-corrected chi connectivity index (χ3v) is 5.02. The molecule has 0 spiro atoms. The summed E-state index contributed by atoms with van der Waals surface area (Å²) >= 11 is 0. The lowest BCUT2D eigenvalue weighted by atomic mass is 10.1. The summed E-state index contributed by atoms with van der Waals surface area (Å²) in [5.41, 5.74) is 2.96. The maximum atomic E-state index is 12.6. The van der Waals surface area contributed by atoms with Gasteiger partial charge in [-0.05, 0) is 37.0 Å². The van der Waals surface area contributed by atoms with Crippen LogP contribution < -0.4 is 10.7 Å². The molecule has 134 valence electrons. The Bertz CT molecular complexity index is 1000. The summed E-state index contributed by atoms with van der Waals surface area (Å²) in [6, 6.07) is 10.3. The Kier molecular flexibility index (Phi) is 4.22. The normalized spacial score (nSPS) is 14.2. The van der Waals surface area contributed by atoms with Crippen LogP contribution in [-0.2, 0) is 19.4 Å². The van der Waals surface area contributed by atoms with Crippen LogP contribution in [0.5, 0.6) is 0 Å². The molecule has 0 saturated carbocycles. The number of hydrogen-bond donors (Lipinski definition) is 3. The van der Waals surface area contributed by atoms with Crippen LogP contribution in [0, 0.1) is 0 Å². The molecule has 1 aliphatic rings. The van der Waals surface area contributed by atoms with Gasteiger partial charge in [-0.1, -0.05) is 24.3 Å². The lowest BCUT2D eigenvalue weighted by Crippen LogP contribution is -2.21. The number of aromatic nitrogens is 2. The van der Waals surface area contributed by atoms with E-state index < -0.39 is 6.29 Å². The standard InChI is InChI=1S/C20H21N3O3/c1-2-23-11-16(20(25)26)19(24)15-9-18(21-10-17(15)23)22-14-7-12-5-3-4-6-13(12)8-14/h3-6,9-11,14,20,25-26H,2,7-8H2,1H3,(H,21,22). The minimum Gasteiger partial charge on any atom is -0.367 e. The molecule has 0 unspecified atom stereocenters. The van der Waals surface area contributed by atoms with Crippen LogP contribution in [0.15, 0.2) is 47.5 Å². The van der Waals surface area contributed by atoms with Crippen LogP contribution in [-0.4, -0.2) is 25.8 Å². The van der Waals surface area contributed by atoms with Crippen LogP contribution in [0.1, 0.15) is 29.9 Å². The van der Waals surface area contributed by atoms with Crippen molar-refractivity contribution in [2.24, 2.45) is 0 Å². The molecule has 0 atom stereocenters. The van der Waals surface area contributed by atoms with E-state index in [1.165, 1.54) is 17.3 Å². The Morgan fingerprint density at radius 2 is 1.96 bits per heavy atom. The molecular weight excluding hydrogens is 330 g/mol. The highest BCUT2D eigenvalue weighted by molar-refractivity contribution is 5.81. The molecule has 0 amide bonds. The predicted octanol–water partition coefficient (Wildman–Crippen LogP) is 1.98. The average Bonchev–Trinajstić information content (AvgIpc) is 3.04. The largest absolute Gasteiger partial charge is 0.367 e. The van der Waals surface area contributed by atoms with E-state index >= 15 is 0 Å². The highest BCUT2D eigenvalue weighted by Gasteiger charge is 2.21. The number of hydrogen-bond acceptors (Lipinski definition) is 5. The number of pyridine rings is 2. The summed E-state index contributed by atoms with van der Waals surface area (Å²) in [6.07, 6.45) is 3.20. The molecule has 0 saturated heterocycles. The summed E-state index contributed by atoms with van der Waals surface area (Å²) in [5.74, 6) is 0.625. The van der Waals surface area contributed by atoms with Crippen molar-refractivity contribution in [2.75, 3.05) is 5.32 Å². The Balaban J connectivity index is 1.69. The van der Waals surface area contributed by atoms with E-state index in [0.717, 1.165) is 12.8 Å². The van der Waals surface area contributed by atoms with Crippen LogP contribution in [0.2, 0.25) is 0 Å². The molecule has 2 heterocycles. The molecule has 6 nitrogen and oxygen atoms in total. The van der Waals surface area contributed by atoms with Gasteiger partial charge in [-0.25, -0.2) is 4.98 Å². The van der Waals surface area contributed by atoms with Gasteiger partial charge >= 0.3 is 0 Å². The lowest BCUT2D eigenvalue weighted by Gasteiger charge is -2.16. The lowest BCUT2D eigenvalue weighted by molar-refractivity contribution is -0.0435. The molecule has 3 N–H and O–H groups in total. The monoisotopic (exact) mass is 351 g/mol. The average molecular weight is 351 g/mol. The van der Waals surface area contributed by atoms with Gasteiger partial charge in [0.15, 0.2) is 11.7 Å². The fourth-order valence-electron chi connectivity index (χ4n) is 3.70. The zero-order valence-electron chi connectivity index (χ0n) is 14.5.